The molecule has 19 heavy (non-hydrogen) atoms. The van der Waals surface area contributed by atoms with Crippen molar-refractivity contribution in [1.29, 1.82) is 0 Å². The summed E-state index contributed by atoms with van der Waals surface area (Å²) < 4.78 is 0. The van der Waals surface area contributed by atoms with E-state index in [0.717, 1.165) is 37.3 Å². The SMILES string of the molecule is Cc1cc(N2CCNCC2)ccc1C(C)(C)C(N)=O. The van der Waals surface area contributed by atoms with Gasteiger partial charge < -0.3 is 16.0 Å². The van der Waals surface area contributed by atoms with Crippen molar-refractivity contribution < 1.29 is 4.79 Å². The monoisotopic (exact) mass is 261 g/mol. The molecule has 3 N–H and O–H groups in total. The topological polar surface area (TPSA) is 58.4 Å². The van der Waals surface area contributed by atoms with Crippen LogP contribution in [0.3, 0.4) is 0 Å². The third-order valence-electron chi connectivity index (χ3n) is 3.98. The lowest BCUT2D eigenvalue weighted by Gasteiger charge is -2.31. The lowest BCUT2D eigenvalue weighted by molar-refractivity contribution is -0.122. The van der Waals surface area contributed by atoms with Gasteiger partial charge in [0, 0.05) is 31.9 Å². The van der Waals surface area contributed by atoms with Crippen molar-refractivity contribution in [2.45, 2.75) is 26.2 Å². The summed E-state index contributed by atoms with van der Waals surface area (Å²) in [5, 5.41) is 3.35. The van der Waals surface area contributed by atoms with E-state index in [4.69, 9.17) is 5.73 Å². The molecule has 4 heteroatoms. The van der Waals surface area contributed by atoms with Gasteiger partial charge in [0.15, 0.2) is 0 Å². The molecule has 0 spiro atoms. The molecule has 1 heterocycles. The van der Waals surface area contributed by atoms with Crippen LogP contribution in [0, 0.1) is 6.92 Å². The molecule has 0 bridgehead atoms. The number of amides is 1. The number of nitrogens with two attached hydrogens (primary N) is 1. The van der Waals surface area contributed by atoms with Gasteiger partial charge in [-0.1, -0.05) is 6.07 Å². The number of carbonyl (C=O) groups is 1. The van der Waals surface area contributed by atoms with Gasteiger partial charge in [-0.05, 0) is 44.0 Å². The largest absolute Gasteiger partial charge is 0.369 e. The second-order valence-corrected chi connectivity index (χ2v) is 5.73. The van der Waals surface area contributed by atoms with E-state index in [1.54, 1.807) is 0 Å². The highest BCUT2D eigenvalue weighted by molar-refractivity contribution is 5.86. The number of piperazine rings is 1. The zero-order chi connectivity index (χ0) is 14.0. The van der Waals surface area contributed by atoms with Gasteiger partial charge in [-0.3, -0.25) is 4.79 Å². The van der Waals surface area contributed by atoms with E-state index < -0.39 is 5.41 Å². The van der Waals surface area contributed by atoms with Gasteiger partial charge in [-0.25, -0.2) is 0 Å². The number of hydrogen-bond donors (Lipinski definition) is 2. The molecule has 104 valence electrons. The molecule has 1 fully saturated rings. The van der Waals surface area contributed by atoms with Crippen LogP contribution < -0.4 is 16.0 Å². The fourth-order valence-corrected chi connectivity index (χ4v) is 2.60. The number of primary amides is 1. The number of nitrogens with zero attached hydrogens (tertiary/aromatic N) is 1. The van der Waals surface area contributed by atoms with Crippen LogP contribution in [0.25, 0.3) is 0 Å². The Morgan fingerprint density at radius 2 is 1.95 bits per heavy atom. The van der Waals surface area contributed by atoms with Crippen molar-refractivity contribution in [2.24, 2.45) is 5.73 Å². The van der Waals surface area contributed by atoms with Crippen molar-refractivity contribution >= 4 is 11.6 Å². The Hall–Kier alpha value is -1.55. The van der Waals surface area contributed by atoms with Gasteiger partial charge in [-0.2, -0.15) is 0 Å². The predicted octanol–water partition coefficient (Wildman–Crippen LogP) is 1.17. The van der Waals surface area contributed by atoms with Crippen molar-refractivity contribution in [3.05, 3.63) is 29.3 Å². The first-order valence-corrected chi connectivity index (χ1v) is 6.79. The van der Waals surface area contributed by atoms with Crippen LogP contribution in [0.15, 0.2) is 18.2 Å². The fourth-order valence-electron chi connectivity index (χ4n) is 2.60. The zero-order valence-electron chi connectivity index (χ0n) is 12.0. The Morgan fingerprint density at radius 3 is 2.47 bits per heavy atom. The highest BCUT2D eigenvalue weighted by atomic mass is 16.1. The summed E-state index contributed by atoms with van der Waals surface area (Å²) in [6.07, 6.45) is 0. The Bertz CT molecular complexity index is 476. The Balaban J connectivity index is 2.29. The molecule has 2 rings (SSSR count). The number of carbonyl (C=O) groups excluding carboxylic acids is 1. The molecule has 4 nitrogen and oxygen atoms in total. The molecule has 0 aromatic heterocycles. The van der Waals surface area contributed by atoms with Crippen LogP contribution in [0.2, 0.25) is 0 Å². The smallest absolute Gasteiger partial charge is 0.227 e. The molecule has 0 unspecified atom stereocenters. The summed E-state index contributed by atoms with van der Waals surface area (Å²) in [6.45, 7) is 9.90. The second-order valence-electron chi connectivity index (χ2n) is 5.73. The number of aryl methyl sites for hydroxylation is 1. The third kappa shape index (κ3) is 2.73. The molecule has 1 aromatic rings. The van der Waals surface area contributed by atoms with Crippen molar-refractivity contribution in [2.75, 3.05) is 31.1 Å². The van der Waals surface area contributed by atoms with Gasteiger partial charge in [-0.15, -0.1) is 0 Å². The lowest BCUT2D eigenvalue weighted by atomic mass is 9.81. The highest BCUT2D eigenvalue weighted by Crippen LogP contribution is 2.29. The van der Waals surface area contributed by atoms with Gasteiger partial charge >= 0.3 is 0 Å². The maximum atomic E-state index is 11.6. The van der Waals surface area contributed by atoms with Crippen molar-refractivity contribution in [1.82, 2.24) is 5.32 Å². The fraction of sp³-hybridized carbons (Fsp3) is 0.533. The standard InChI is InChI=1S/C15H23N3O/c1-11-10-12(18-8-6-17-7-9-18)4-5-13(11)15(2,3)14(16)19/h4-5,10,17H,6-9H2,1-3H3,(H2,16,19). The number of benzene rings is 1. The summed E-state index contributed by atoms with van der Waals surface area (Å²) in [5.41, 5.74) is 8.24. The van der Waals surface area contributed by atoms with Gasteiger partial charge in [0.1, 0.15) is 0 Å². The molecular formula is C15H23N3O. The van der Waals surface area contributed by atoms with Crippen LogP contribution in [0.1, 0.15) is 25.0 Å². The van der Waals surface area contributed by atoms with E-state index in [0.29, 0.717) is 0 Å². The van der Waals surface area contributed by atoms with E-state index in [9.17, 15) is 4.79 Å². The Labute approximate surface area is 115 Å². The minimum atomic E-state index is -0.619. The molecule has 0 atom stereocenters. The first-order chi connectivity index (χ1) is 8.93. The van der Waals surface area contributed by atoms with Crippen molar-refractivity contribution in [3.63, 3.8) is 0 Å². The second kappa shape index (κ2) is 5.21. The van der Waals surface area contributed by atoms with E-state index in [1.807, 2.05) is 26.8 Å². The number of hydrogen-bond acceptors (Lipinski definition) is 3. The molecule has 0 aliphatic carbocycles. The summed E-state index contributed by atoms with van der Waals surface area (Å²) >= 11 is 0. The van der Waals surface area contributed by atoms with Gasteiger partial charge in [0.25, 0.3) is 0 Å². The molecule has 1 aliphatic heterocycles. The predicted molar refractivity (Wildman–Crippen MR) is 78.5 cm³/mol. The van der Waals surface area contributed by atoms with Crippen LogP contribution in [-0.2, 0) is 10.2 Å². The average molecular weight is 261 g/mol. The van der Waals surface area contributed by atoms with E-state index in [-0.39, 0.29) is 5.91 Å². The minimum Gasteiger partial charge on any atom is -0.369 e. The van der Waals surface area contributed by atoms with E-state index in [2.05, 4.69) is 22.3 Å². The van der Waals surface area contributed by atoms with Crippen molar-refractivity contribution in [3.8, 4) is 0 Å². The average Bonchev–Trinajstić information content (AvgIpc) is 2.39. The Kier molecular flexibility index (Phi) is 3.80. The maximum Gasteiger partial charge on any atom is 0.227 e. The molecule has 0 radical (unpaired) electrons. The van der Waals surface area contributed by atoms with Crippen LogP contribution in [0.4, 0.5) is 5.69 Å². The maximum absolute atomic E-state index is 11.6. The van der Waals surface area contributed by atoms with E-state index >= 15 is 0 Å². The van der Waals surface area contributed by atoms with Crippen LogP contribution >= 0.6 is 0 Å². The zero-order valence-corrected chi connectivity index (χ0v) is 12.0. The molecule has 1 amide bonds. The molecule has 1 saturated heterocycles. The Morgan fingerprint density at radius 1 is 1.32 bits per heavy atom. The molecule has 1 aromatic carbocycles. The van der Waals surface area contributed by atoms with Gasteiger partial charge in [0.05, 0.1) is 5.41 Å². The number of rotatable bonds is 3. The summed E-state index contributed by atoms with van der Waals surface area (Å²) in [6, 6.07) is 6.29. The molecular weight excluding hydrogens is 238 g/mol. The highest BCUT2D eigenvalue weighted by Gasteiger charge is 2.29. The summed E-state index contributed by atoms with van der Waals surface area (Å²) in [4.78, 5) is 13.9. The number of anilines is 1. The normalized spacial score (nSPS) is 16.5. The molecule has 1 aliphatic rings. The van der Waals surface area contributed by atoms with Gasteiger partial charge in [0.2, 0.25) is 5.91 Å². The van der Waals surface area contributed by atoms with E-state index in [1.165, 1.54) is 5.69 Å². The summed E-state index contributed by atoms with van der Waals surface area (Å²) in [5.74, 6) is -0.287. The minimum absolute atomic E-state index is 0.287. The number of nitrogens with one attached hydrogen (secondary N) is 1. The first-order valence-electron chi connectivity index (χ1n) is 6.79. The first kappa shape index (κ1) is 13.9. The lowest BCUT2D eigenvalue weighted by Crippen LogP contribution is -2.43. The van der Waals surface area contributed by atoms with Crippen LogP contribution in [0.5, 0.6) is 0 Å². The molecule has 0 saturated carbocycles. The third-order valence-corrected chi connectivity index (χ3v) is 3.98. The summed E-state index contributed by atoms with van der Waals surface area (Å²) in [7, 11) is 0. The quantitative estimate of drug-likeness (QED) is 0.858. The van der Waals surface area contributed by atoms with Crippen LogP contribution in [-0.4, -0.2) is 32.1 Å².